The van der Waals surface area contributed by atoms with Gasteiger partial charge in [-0.2, -0.15) is 0 Å². The zero-order valence-electron chi connectivity index (χ0n) is 13.5. The van der Waals surface area contributed by atoms with Gasteiger partial charge in [0.2, 0.25) is 0 Å². The monoisotopic (exact) mass is 311 g/mol. The molecule has 0 radical (unpaired) electrons. The van der Waals surface area contributed by atoms with Crippen LogP contribution < -0.4 is 9.64 Å². The quantitative estimate of drug-likeness (QED) is 0.948. The molecule has 1 aliphatic heterocycles. The maximum Gasteiger partial charge on any atom is 0.264 e. The standard InChI is InChI=1S/C19H21NO3/c1-14-6-5-7-15(12-14)23-13-18(21)20-11-10-19(2,22)16-8-3-4-9-17(16)20/h3-9,12,22H,10-11,13H2,1-2H3. The zero-order chi connectivity index (χ0) is 16.4. The van der Waals surface area contributed by atoms with E-state index in [0.29, 0.717) is 18.7 Å². The van der Waals surface area contributed by atoms with Gasteiger partial charge in [-0.05, 0) is 44.0 Å². The number of benzene rings is 2. The number of nitrogens with zero attached hydrogens (tertiary/aromatic N) is 1. The number of carbonyl (C=O) groups is 1. The second-order valence-corrected chi connectivity index (χ2v) is 6.19. The van der Waals surface area contributed by atoms with E-state index in [1.807, 2.05) is 55.5 Å². The summed E-state index contributed by atoms with van der Waals surface area (Å²) in [5.74, 6) is 0.588. The van der Waals surface area contributed by atoms with Crippen molar-refractivity contribution in [1.29, 1.82) is 0 Å². The Kier molecular flexibility index (Phi) is 4.09. The second kappa shape index (κ2) is 6.05. The lowest BCUT2D eigenvalue weighted by Gasteiger charge is -2.37. The summed E-state index contributed by atoms with van der Waals surface area (Å²) < 4.78 is 5.62. The van der Waals surface area contributed by atoms with Crippen molar-refractivity contribution in [1.82, 2.24) is 0 Å². The van der Waals surface area contributed by atoms with E-state index < -0.39 is 5.60 Å². The number of para-hydroxylation sites is 1. The van der Waals surface area contributed by atoms with Crippen LogP contribution in [0.15, 0.2) is 48.5 Å². The Morgan fingerprint density at radius 2 is 2.04 bits per heavy atom. The molecule has 4 heteroatoms. The third-order valence-corrected chi connectivity index (χ3v) is 4.25. The lowest BCUT2D eigenvalue weighted by molar-refractivity contribution is -0.121. The van der Waals surface area contributed by atoms with E-state index in [2.05, 4.69) is 0 Å². The fourth-order valence-corrected chi connectivity index (χ4v) is 2.94. The van der Waals surface area contributed by atoms with Crippen LogP contribution in [0.4, 0.5) is 5.69 Å². The summed E-state index contributed by atoms with van der Waals surface area (Å²) in [4.78, 5) is 14.2. The lowest BCUT2D eigenvalue weighted by atomic mass is 9.87. The molecule has 3 rings (SSSR count). The van der Waals surface area contributed by atoms with Crippen LogP contribution in [-0.2, 0) is 10.4 Å². The van der Waals surface area contributed by atoms with Crippen LogP contribution in [-0.4, -0.2) is 24.2 Å². The van der Waals surface area contributed by atoms with Crippen molar-refractivity contribution in [3.05, 3.63) is 59.7 Å². The van der Waals surface area contributed by atoms with Gasteiger partial charge in [0, 0.05) is 17.8 Å². The number of carbonyl (C=O) groups excluding carboxylic acids is 1. The molecule has 1 atom stereocenters. The van der Waals surface area contributed by atoms with Crippen molar-refractivity contribution < 1.29 is 14.6 Å². The predicted octanol–water partition coefficient (Wildman–Crippen LogP) is 3.02. The molecule has 2 aromatic carbocycles. The highest BCUT2D eigenvalue weighted by Gasteiger charge is 2.35. The fraction of sp³-hybridized carbons (Fsp3) is 0.316. The SMILES string of the molecule is Cc1cccc(OCC(=O)N2CCC(C)(O)c3ccccc32)c1. The average Bonchev–Trinajstić information content (AvgIpc) is 2.53. The molecule has 0 bridgehead atoms. The van der Waals surface area contributed by atoms with Crippen molar-refractivity contribution in [2.24, 2.45) is 0 Å². The fourth-order valence-electron chi connectivity index (χ4n) is 2.94. The molecule has 1 aliphatic rings. The number of hydrogen-bond donors (Lipinski definition) is 1. The van der Waals surface area contributed by atoms with E-state index in [-0.39, 0.29) is 12.5 Å². The molecule has 1 amide bonds. The van der Waals surface area contributed by atoms with Gasteiger partial charge in [0.1, 0.15) is 5.75 Å². The minimum Gasteiger partial charge on any atom is -0.484 e. The number of hydrogen-bond acceptors (Lipinski definition) is 3. The lowest BCUT2D eigenvalue weighted by Crippen LogP contribution is -2.44. The number of aliphatic hydroxyl groups is 1. The number of amides is 1. The van der Waals surface area contributed by atoms with Crippen LogP contribution >= 0.6 is 0 Å². The number of fused-ring (bicyclic) bond motifs is 1. The first-order chi connectivity index (χ1) is 11.0. The highest BCUT2D eigenvalue weighted by atomic mass is 16.5. The summed E-state index contributed by atoms with van der Waals surface area (Å²) in [5.41, 5.74) is 1.75. The van der Waals surface area contributed by atoms with Gasteiger partial charge in [0.25, 0.3) is 5.91 Å². The number of aryl methyl sites for hydroxylation is 1. The molecule has 2 aromatic rings. The van der Waals surface area contributed by atoms with E-state index in [0.717, 1.165) is 16.8 Å². The molecule has 0 aromatic heterocycles. The summed E-state index contributed by atoms with van der Waals surface area (Å²) in [7, 11) is 0. The van der Waals surface area contributed by atoms with Crippen LogP contribution in [0.2, 0.25) is 0 Å². The largest absolute Gasteiger partial charge is 0.484 e. The van der Waals surface area contributed by atoms with Gasteiger partial charge in [-0.15, -0.1) is 0 Å². The molecule has 1 N–H and O–H groups in total. The average molecular weight is 311 g/mol. The third-order valence-electron chi connectivity index (χ3n) is 4.25. The van der Waals surface area contributed by atoms with Gasteiger partial charge in [-0.1, -0.05) is 30.3 Å². The smallest absolute Gasteiger partial charge is 0.264 e. The van der Waals surface area contributed by atoms with E-state index in [1.165, 1.54) is 0 Å². The molecule has 1 heterocycles. The maximum absolute atomic E-state index is 12.5. The van der Waals surface area contributed by atoms with Crippen molar-refractivity contribution in [3.8, 4) is 5.75 Å². The third kappa shape index (κ3) is 3.22. The first kappa shape index (κ1) is 15.6. The van der Waals surface area contributed by atoms with Gasteiger partial charge >= 0.3 is 0 Å². The molecule has 1 unspecified atom stereocenters. The Morgan fingerprint density at radius 3 is 2.83 bits per heavy atom. The van der Waals surface area contributed by atoms with Crippen LogP contribution in [0.5, 0.6) is 5.75 Å². The number of ether oxygens (including phenoxy) is 1. The first-order valence-electron chi connectivity index (χ1n) is 7.79. The highest BCUT2D eigenvalue weighted by molar-refractivity contribution is 5.95. The van der Waals surface area contributed by atoms with Gasteiger partial charge in [0.05, 0.1) is 5.60 Å². The van der Waals surface area contributed by atoms with Crippen molar-refractivity contribution in [2.75, 3.05) is 18.1 Å². The van der Waals surface area contributed by atoms with Crippen molar-refractivity contribution >= 4 is 11.6 Å². The Morgan fingerprint density at radius 1 is 1.26 bits per heavy atom. The molecule has 0 spiro atoms. The van der Waals surface area contributed by atoms with E-state index in [9.17, 15) is 9.90 Å². The van der Waals surface area contributed by atoms with Crippen LogP contribution in [0.25, 0.3) is 0 Å². The van der Waals surface area contributed by atoms with Gasteiger partial charge < -0.3 is 14.7 Å². The Labute approximate surface area is 136 Å². The first-order valence-corrected chi connectivity index (χ1v) is 7.79. The van der Waals surface area contributed by atoms with Crippen molar-refractivity contribution in [3.63, 3.8) is 0 Å². The molecule has 120 valence electrons. The zero-order valence-corrected chi connectivity index (χ0v) is 13.5. The highest BCUT2D eigenvalue weighted by Crippen LogP contribution is 2.37. The molecule has 0 fully saturated rings. The summed E-state index contributed by atoms with van der Waals surface area (Å²) in [5, 5.41) is 10.5. The molecular weight excluding hydrogens is 290 g/mol. The summed E-state index contributed by atoms with van der Waals surface area (Å²) in [6.07, 6.45) is 0.514. The van der Waals surface area contributed by atoms with Crippen molar-refractivity contribution in [2.45, 2.75) is 25.9 Å². The Hall–Kier alpha value is -2.33. The molecule has 0 aliphatic carbocycles. The summed E-state index contributed by atoms with van der Waals surface area (Å²) in [6.45, 7) is 4.24. The normalized spacial score (nSPS) is 20.0. The predicted molar refractivity (Wildman–Crippen MR) is 89.7 cm³/mol. The van der Waals surface area contributed by atoms with Crippen LogP contribution in [0.3, 0.4) is 0 Å². The van der Waals surface area contributed by atoms with Gasteiger partial charge in [-0.25, -0.2) is 0 Å². The topological polar surface area (TPSA) is 49.8 Å². The van der Waals surface area contributed by atoms with E-state index >= 15 is 0 Å². The number of rotatable bonds is 3. The molecule has 4 nitrogen and oxygen atoms in total. The summed E-state index contributed by atoms with van der Waals surface area (Å²) >= 11 is 0. The minimum absolute atomic E-state index is 0.0140. The van der Waals surface area contributed by atoms with Crippen LogP contribution in [0, 0.1) is 6.92 Å². The molecule has 23 heavy (non-hydrogen) atoms. The Balaban J connectivity index is 1.75. The van der Waals surface area contributed by atoms with Gasteiger partial charge in [0.15, 0.2) is 6.61 Å². The van der Waals surface area contributed by atoms with E-state index in [1.54, 1.807) is 11.8 Å². The van der Waals surface area contributed by atoms with Gasteiger partial charge in [-0.3, -0.25) is 4.79 Å². The molecule has 0 saturated carbocycles. The number of anilines is 1. The summed E-state index contributed by atoms with van der Waals surface area (Å²) in [6, 6.07) is 15.1. The van der Waals surface area contributed by atoms with E-state index in [4.69, 9.17) is 4.74 Å². The second-order valence-electron chi connectivity index (χ2n) is 6.19. The maximum atomic E-state index is 12.5. The molecular formula is C19H21NO3. The molecule has 0 saturated heterocycles. The minimum atomic E-state index is -0.898. The van der Waals surface area contributed by atoms with Crippen LogP contribution in [0.1, 0.15) is 24.5 Å². The Bertz CT molecular complexity index is 724.